The van der Waals surface area contributed by atoms with Gasteiger partial charge in [-0.1, -0.05) is 12.1 Å². The Labute approximate surface area is 96.1 Å². The van der Waals surface area contributed by atoms with Crippen molar-refractivity contribution in [1.29, 1.82) is 5.26 Å². The summed E-state index contributed by atoms with van der Waals surface area (Å²) in [5.41, 5.74) is 1.32. The van der Waals surface area contributed by atoms with Crippen molar-refractivity contribution < 1.29 is 4.79 Å². The Morgan fingerprint density at radius 2 is 1.88 bits per heavy atom. The first-order valence-corrected chi connectivity index (χ1v) is 5.21. The second-order valence-corrected chi connectivity index (χ2v) is 4.78. The van der Waals surface area contributed by atoms with Gasteiger partial charge < -0.3 is 5.32 Å². The molecule has 0 aliphatic heterocycles. The Hall–Kier alpha value is -1.82. The highest BCUT2D eigenvalue weighted by Gasteiger charge is 2.13. The predicted octanol–water partition coefficient (Wildman–Crippen LogP) is 2.02. The van der Waals surface area contributed by atoms with E-state index >= 15 is 0 Å². The number of amides is 1. The van der Waals surface area contributed by atoms with Crippen LogP contribution < -0.4 is 5.32 Å². The van der Waals surface area contributed by atoms with Gasteiger partial charge in [-0.3, -0.25) is 4.79 Å². The van der Waals surface area contributed by atoms with Gasteiger partial charge in [0.1, 0.15) is 0 Å². The molecule has 0 saturated heterocycles. The van der Waals surface area contributed by atoms with Crippen LogP contribution in [0.3, 0.4) is 0 Å². The van der Waals surface area contributed by atoms with Crippen LogP contribution in [0.5, 0.6) is 0 Å². The van der Waals surface area contributed by atoms with Gasteiger partial charge in [0.2, 0.25) is 5.91 Å². The Balaban J connectivity index is 2.61. The first-order valence-electron chi connectivity index (χ1n) is 5.21. The minimum atomic E-state index is -0.205. The highest BCUT2D eigenvalue weighted by atomic mass is 16.1. The molecular formula is C13H16N2O. The number of carbonyl (C=O) groups excluding carboxylic acids is 1. The smallest absolute Gasteiger partial charge is 0.224 e. The second-order valence-electron chi connectivity index (χ2n) is 4.78. The molecule has 16 heavy (non-hydrogen) atoms. The highest BCUT2D eigenvalue weighted by molar-refractivity contribution is 5.79. The third kappa shape index (κ3) is 4.14. The van der Waals surface area contributed by atoms with E-state index in [1.54, 1.807) is 24.3 Å². The van der Waals surface area contributed by atoms with Crippen molar-refractivity contribution in [1.82, 2.24) is 5.32 Å². The van der Waals surface area contributed by atoms with Crippen molar-refractivity contribution in [3.63, 3.8) is 0 Å². The molecule has 0 spiro atoms. The largest absolute Gasteiger partial charge is 0.351 e. The number of carbonyl (C=O) groups is 1. The lowest BCUT2D eigenvalue weighted by Crippen LogP contribution is -2.41. The van der Waals surface area contributed by atoms with E-state index in [0.29, 0.717) is 12.0 Å². The SMILES string of the molecule is CC(C)(C)NC(=O)Cc1ccc(C#N)cc1. The quantitative estimate of drug-likeness (QED) is 0.822. The third-order valence-corrected chi connectivity index (χ3v) is 1.96. The van der Waals surface area contributed by atoms with Crippen LogP contribution in [0.1, 0.15) is 31.9 Å². The number of nitrogens with one attached hydrogen (secondary N) is 1. The van der Waals surface area contributed by atoms with Crippen LogP contribution in [0.15, 0.2) is 24.3 Å². The van der Waals surface area contributed by atoms with E-state index in [4.69, 9.17) is 5.26 Å². The van der Waals surface area contributed by atoms with E-state index in [2.05, 4.69) is 5.32 Å². The molecule has 0 aliphatic rings. The molecule has 1 N–H and O–H groups in total. The molecule has 0 aromatic heterocycles. The van der Waals surface area contributed by atoms with Crippen LogP contribution in [0.4, 0.5) is 0 Å². The van der Waals surface area contributed by atoms with E-state index in [0.717, 1.165) is 5.56 Å². The molecule has 1 rings (SSSR count). The number of nitrogens with zero attached hydrogens (tertiary/aromatic N) is 1. The fourth-order valence-corrected chi connectivity index (χ4v) is 1.34. The van der Waals surface area contributed by atoms with E-state index < -0.39 is 0 Å². The number of hydrogen-bond acceptors (Lipinski definition) is 2. The van der Waals surface area contributed by atoms with Crippen LogP contribution in [-0.2, 0) is 11.2 Å². The molecule has 3 nitrogen and oxygen atoms in total. The van der Waals surface area contributed by atoms with Gasteiger partial charge in [-0.2, -0.15) is 5.26 Å². The van der Waals surface area contributed by atoms with Crippen molar-refractivity contribution in [2.75, 3.05) is 0 Å². The summed E-state index contributed by atoms with van der Waals surface area (Å²) in [6.45, 7) is 5.84. The van der Waals surface area contributed by atoms with Crippen molar-refractivity contribution in [2.24, 2.45) is 0 Å². The summed E-state index contributed by atoms with van der Waals surface area (Å²) in [5.74, 6) is -0.00259. The van der Waals surface area contributed by atoms with Crippen LogP contribution in [0, 0.1) is 11.3 Å². The zero-order valence-corrected chi connectivity index (χ0v) is 9.87. The van der Waals surface area contributed by atoms with Gasteiger partial charge in [0.05, 0.1) is 18.1 Å². The first kappa shape index (κ1) is 12.3. The predicted molar refractivity (Wildman–Crippen MR) is 62.8 cm³/mol. The van der Waals surface area contributed by atoms with Gasteiger partial charge in [-0.05, 0) is 38.5 Å². The lowest BCUT2D eigenvalue weighted by atomic mass is 10.1. The summed E-state index contributed by atoms with van der Waals surface area (Å²) < 4.78 is 0. The van der Waals surface area contributed by atoms with Crippen LogP contribution in [-0.4, -0.2) is 11.4 Å². The van der Waals surface area contributed by atoms with Crippen molar-refractivity contribution in [3.05, 3.63) is 35.4 Å². The van der Waals surface area contributed by atoms with E-state index in [1.165, 1.54) is 0 Å². The molecule has 0 heterocycles. The lowest BCUT2D eigenvalue weighted by Gasteiger charge is -2.20. The topological polar surface area (TPSA) is 52.9 Å². The van der Waals surface area contributed by atoms with Gasteiger partial charge in [-0.15, -0.1) is 0 Å². The summed E-state index contributed by atoms with van der Waals surface area (Å²) in [4.78, 5) is 11.6. The molecule has 0 bridgehead atoms. The fraction of sp³-hybridized carbons (Fsp3) is 0.385. The first-order chi connectivity index (χ1) is 7.40. The normalized spacial score (nSPS) is 10.6. The maximum absolute atomic E-state index is 11.6. The van der Waals surface area contributed by atoms with Gasteiger partial charge in [0.15, 0.2) is 0 Å². The van der Waals surface area contributed by atoms with Gasteiger partial charge in [0.25, 0.3) is 0 Å². The molecular weight excluding hydrogens is 200 g/mol. The summed E-state index contributed by atoms with van der Waals surface area (Å²) >= 11 is 0. The monoisotopic (exact) mass is 216 g/mol. The average molecular weight is 216 g/mol. The molecule has 0 unspecified atom stereocenters. The maximum Gasteiger partial charge on any atom is 0.224 e. The Morgan fingerprint density at radius 3 is 2.31 bits per heavy atom. The Kier molecular flexibility index (Phi) is 3.68. The molecule has 0 radical (unpaired) electrons. The van der Waals surface area contributed by atoms with Crippen LogP contribution in [0.2, 0.25) is 0 Å². The molecule has 1 aromatic carbocycles. The van der Waals surface area contributed by atoms with Crippen molar-refractivity contribution in [3.8, 4) is 6.07 Å². The van der Waals surface area contributed by atoms with Crippen LogP contribution in [0.25, 0.3) is 0 Å². The van der Waals surface area contributed by atoms with E-state index in [9.17, 15) is 4.79 Å². The zero-order chi connectivity index (χ0) is 12.2. The molecule has 3 heteroatoms. The average Bonchev–Trinajstić information content (AvgIpc) is 2.16. The summed E-state index contributed by atoms with van der Waals surface area (Å²) in [6, 6.07) is 9.10. The highest BCUT2D eigenvalue weighted by Crippen LogP contribution is 2.05. The van der Waals surface area contributed by atoms with E-state index in [-0.39, 0.29) is 11.4 Å². The number of nitriles is 1. The molecule has 1 amide bonds. The maximum atomic E-state index is 11.6. The zero-order valence-electron chi connectivity index (χ0n) is 9.87. The summed E-state index contributed by atoms with van der Waals surface area (Å²) in [5, 5.41) is 11.5. The fourth-order valence-electron chi connectivity index (χ4n) is 1.34. The van der Waals surface area contributed by atoms with Crippen molar-refractivity contribution >= 4 is 5.91 Å². The Morgan fingerprint density at radius 1 is 1.31 bits per heavy atom. The van der Waals surface area contributed by atoms with Gasteiger partial charge in [0, 0.05) is 5.54 Å². The third-order valence-electron chi connectivity index (χ3n) is 1.96. The number of hydrogen-bond donors (Lipinski definition) is 1. The number of benzene rings is 1. The summed E-state index contributed by atoms with van der Waals surface area (Å²) in [7, 11) is 0. The summed E-state index contributed by atoms with van der Waals surface area (Å²) in [6.07, 6.45) is 0.350. The van der Waals surface area contributed by atoms with Crippen LogP contribution >= 0.6 is 0 Å². The molecule has 0 fully saturated rings. The Bertz CT molecular complexity index is 407. The molecule has 0 aliphatic carbocycles. The minimum Gasteiger partial charge on any atom is -0.351 e. The molecule has 84 valence electrons. The standard InChI is InChI=1S/C13H16N2O/c1-13(2,3)15-12(16)8-10-4-6-11(9-14)7-5-10/h4-7H,8H2,1-3H3,(H,15,16). The molecule has 0 atom stereocenters. The van der Waals surface area contributed by atoms with Crippen molar-refractivity contribution in [2.45, 2.75) is 32.7 Å². The minimum absolute atomic E-state index is 0.00259. The van der Waals surface area contributed by atoms with Gasteiger partial charge >= 0.3 is 0 Å². The lowest BCUT2D eigenvalue weighted by molar-refractivity contribution is -0.121. The molecule has 0 saturated carbocycles. The van der Waals surface area contributed by atoms with Gasteiger partial charge in [-0.25, -0.2) is 0 Å². The number of rotatable bonds is 2. The second kappa shape index (κ2) is 4.80. The molecule has 1 aromatic rings. The van der Waals surface area contributed by atoms with E-state index in [1.807, 2.05) is 26.8 Å².